The highest BCUT2D eigenvalue weighted by Crippen LogP contribution is 2.33. The molecule has 0 amide bonds. The van der Waals surface area contributed by atoms with Gasteiger partial charge in [0.25, 0.3) is 0 Å². The summed E-state index contributed by atoms with van der Waals surface area (Å²) >= 11 is 0. The molecule has 0 unspecified atom stereocenters. The second-order valence-electron chi connectivity index (χ2n) is 6.42. The van der Waals surface area contributed by atoms with Crippen LogP contribution in [-0.4, -0.2) is 22.2 Å². The zero-order valence-electron chi connectivity index (χ0n) is 13.9. The molecule has 0 spiro atoms. The normalized spacial score (nSPS) is 14.9. The van der Waals surface area contributed by atoms with Gasteiger partial charge in [-0.05, 0) is 48.6 Å². The van der Waals surface area contributed by atoms with Gasteiger partial charge in [-0.1, -0.05) is 37.5 Å². The minimum absolute atomic E-state index is 0.226. The van der Waals surface area contributed by atoms with Crippen molar-refractivity contribution in [3.05, 3.63) is 59.2 Å². The number of aromatic carboxylic acids is 2. The fourth-order valence-corrected chi connectivity index (χ4v) is 3.50. The zero-order chi connectivity index (χ0) is 17.8. The molecule has 0 saturated heterocycles. The lowest BCUT2D eigenvalue weighted by atomic mass is 9.84. The number of rotatable bonds is 5. The van der Waals surface area contributed by atoms with Gasteiger partial charge in [-0.15, -0.1) is 0 Å². The number of carboxylic acid groups (broad SMARTS) is 2. The summed E-state index contributed by atoms with van der Waals surface area (Å²) in [6.07, 6.45) is 6.30. The van der Waals surface area contributed by atoms with E-state index in [1.165, 1.54) is 49.8 Å². The Labute approximate surface area is 146 Å². The van der Waals surface area contributed by atoms with Crippen molar-refractivity contribution in [3.8, 4) is 0 Å². The van der Waals surface area contributed by atoms with Crippen molar-refractivity contribution in [2.24, 2.45) is 0 Å². The van der Waals surface area contributed by atoms with Gasteiger partial charge in [0.05, 0.1) is 16.8 Å². The van der Waals surface area contributed by atoms with Crippen molar-refractivity contribution >= 4 is 23.3 Å². The van der Waals surface area contributed by atoms with Crippen molar-refractivity contribution in [2.75, 3.05) is 5.32 Å². The van der Waals surface area contributed by atoms with Gasteiger partial charge in [-0.25, -0.2) is 9.59 Å². The molecule has 3 N–H and O–H groups in total. The number of hydrogen-bond donors (Lipinski definition) is 3. The molecule has 3 rings (SSSR count). The first-order chi connectivity index (χ1) is 12.1. The lowest BCUT2D eigenvalue weighted by Gasteiger charge is -2.22. The van der Waals surface area contributed by atoms with Gasteiger partial charge in [0.2, 0.25) is 0 Å². The predicted molar refractivity (Wildman–Crippen MR) is 95.9 cm³/mol. The highest BCUT2D eigenvalue weighted by Gasteiger charge is 2.20. The lowest BCUT2D eigenvalue weighted by molar-refractivity contribution is 0.0652. The first-order valence-corrected chi connectivity index (χ1v) is 8.53. The van der Waals surface area contributed by atoms with Crippen LogP contribution in [0.5, 0.6) is 0 Å². The molecule has 2 aromatic rings. The highest BCUT2D eigenvalue weighted by molar-refractivity contribution is 6.06. The molecule has 25 heavy (non-hydrogen) atoms. The van der Waals surface area contributed by atoms with E-state index in [1.54, 1.807) is 6.07 Å². The van der Waals surface area contributed by atoms with E-state index in [1.807, 2.05) is 12.1 Å². The predicted octanol–water partition coefficient (Wildman–Crippen LogP) is 4.87. The second kappa shape index (κ2) is 7.38. The van der Waals surface area contributed by atoms with E-state index in [0.717, 1.165) is 5.69 Å². The summed E-state index contributed by atoms with van der Waals surface area (Å²) in [5.41, 5.74) is 1.87. The van der Waals surface area contributed by atoms with E-state index in [-0.39, 0.29) is 16.8 Å². The summed E-state index contributed by atoms with van der Waals surface area (Å²) in [5.74, 6) is -1.92. The summed E-state index contributed by atoms with van der Waals surface area (Å²) < 4.78 is 0. The van der Waals surface area contributed by atoms with Crippen LogP contribution in [0.2, 0.25) is 0 Å². The maximum Gasteiger partial charge on any atom is 0.338 e. The fourth-order valence-electron chi connectivity index (χ4n) is 3.50. The average Bonchev–Trinajstić information content (AvgIpc) is 2.62. The van der Waals surface area contributed by atoms with Crippen LogP contribution in [-0.2, 0) is 0 Å². The lowest BCUT2D eigenvalue weighted by Crippen LogP contribution is -2.11. The molecule has 5 heteroatoms. The largest absolute Gasteiger partial charge is 0.478 e. The Bertz CT molecular complexity index is 777. The SMILES string of the molecule is O=C(O)c1cccc(Nc2ccc(C3CCCCC3)cc2)c1C(=O)O. The number of hydrogen-bond acceptors (Lipinski definition) is 3. The Morgan fingerprint density at radius 1 is 0.880 bits per heavy atom. The molecule has 2 aromatic carbocycles. The van der Waals surface area contributed by atoms with Crippen LogP contribution >= 0.6 is 0 Å². The monoisotopic (exact) mass is 339 g/mol. The van der Waals surface area contributed by atoms with Crippen LogP contribution in [0.1, 0.15) is 64.3 Å². The number of anilines is 2. The third-order valence-electron chi connectivity index (χ3n) is 4.77. The van der Waals surface area contributed by atoms with E-state index in [0.29, 0.717) is 5.92 Å². The molecule has 0 radical (unpaired) electrons. The maximum absolute atomic E-state index is 11.5. The molecule has 1 aliphatic carbocycles. The van der Waals surface area contributed by atoms with E-state index < -0.39 is 11.9 Å². The third kappa shape index (κ3) is 3.82. The number of benzene rings is 2. The summed E-state index contributed by atoms with van der Waals surface area (Å²) in [6, 6.07) is 12.4. The Morgan fingerprint density at radius 2 is 1.56 bits per heavy atom. The van der Waals surface area contributed by atoms with Crippen molar-refractivity contribution in [1.29, 1.82) is 0 Å². The minimum atomic E-state index is -1.26. The molecule has 0 bridgehead atoms. The van der Waals surface area contributed by atoms with Crippen LogP contribution < -0.4 is 5.32 Å². The molecule has 1 fully saturated rings. The molecule has 0 atom stereocenters. The molecular weight excluding hydrogens is 318 g/mol. The first-order valence-electron chi connectivity index (χ1n) is 8.53. The highest BCUT2D eigenvalue weighted by atomic mass is 16.4. The average molecular weight is 339 g/mol. The topological polar surface area (TPSA) is 86.6 Å². The molecule has 0 heterocycles. The summed E-state index contributed by atoms with van der Waals surface area (Å²) in [7, 11) is 0. The number of carbonyl (C=O) groups is 2. The van der Waals surface area contributed by atoms with Crippen LogP contribution in [0.15, 0.2) is 42.5 Å². The molecule has 130 valence electrons. The standard InChI is InChI=1S/C20H21NO4/c22-19(23)16-7-4-8-17(18(16)20(24)25)21-15-11-9-14(10-12-15)13-5-2-1-3-6-13/h4,7-13,21H,1-3,5-6H2,(H,22,23)(H,24,25). The quantitative estimate of drug-likeness (QED) is 0.723. The zero-order valence-corrected chi connectivity index (χ0v) is 13.9. The van der Waals surface area contributed by atoms with Gasteiger partial charge in [-0.3, -0.25) is 0 Å². The van der Waals surface area contributed by atoms with Crippen molar-refractivity contribution in [3.63, 3.8) is 0 Å². The number of carboxylic acids is 2. The minimum Gasteiger partial charge on any atom is -0.478 e. The Balaban J connectivity index is 1.84. The van der Waals surface area contributed by atoms with Crippen molar-refractivity contribution in [2.45, 2.75) is 38.0 Å². The third-order valence-corrected chi connectivity index (χ3v) is 4.77. The van der Waals surface area contributed by atoms with Gasteiger partial charge in [0.15, 0.2) is 0 Å². The first kappa shape index (κ1) is 17.0. The van der Waals surface area contributed by atoms with Crippen LogP contribution in [0.3, 0.4) is 0 Å². The van der Waals surface area contributed by atoms with E-state index in [4.69, 9.17) is 0 Å². The molecule has 5 nitrogen and oxygen atoms in total. The Morgan fingerprint density at radius 3 is 2.16 bits per heavy atom. The van der Waals surface area contributed by atoms with E-state index in [2.05, 4.69) is 17.4 Å². The van der Waals surface area contributed by atoms with Gasteiger partial charge in [0.1, 0.15) is 0 Å². The Hall–Kier alpha value is -2.82. The van der Waals surface area contributed by atoms with Crippen LogP contribution in [0, 0.1) is 0 Å². The van der Waals surface area contributed by atoms with Crippen molar-refractivity contribution < 1.29 is 19.8 Å². The van der Waals surface area contributed by atoms with Crippen LogP contribution in [0.4, 0.5) is 11.4 Å². The van der Waals surface area contributed by atoms with Crippen molar-refractivity contribution in [1.82, 2.24) is 0 Å². The molecular formula is C20H21NO4. The van der Waals surface area contributed by atoms with Gasteiger partial charge >= 0.3 is 11.9 Å². The molecule has 1 aliphatic rings. The van der Waals surface area contributed by atoms with E-state index >= 15 is 0 Å². The maximum atomic E-state index is 11.5. The summed E-state index contributed by atoms with van der Waals surface area (Å²) in [4.78, 5) is 22.8. The smallest absolute Gasteiger partial charge is 0.338 e. The van der Waals surface area contributed by atoms with Gasteiger partial charge in [0, 0.05) is 5.69 Å². The molecule has 0 aliphatic heterocycles. The molecule has 1 saturated carbocycles. The second-order valence-corrected chi connectivity index (χ2v) is 6.42. The van der Waals surface area contributed by atoms with Gasteiger partial charge < -0.3 is 15.5 Å². The molecule has 0 aromatic heterocycles. The van der Waals surface area contributed by atoms with Crippen LogP contribution in [0.25, 0.3) is 0 Å². The Kier molecular flexibility index (Phi) is 5.03. The summed E-state index contributed by atoms with van der Waals surface area (Å²) in [6.45, 7) is 0. The van der Waals surface area contributed by atoms with Gasteiger partial charge in [-0.2, -0.15) is 0 Å². The number of nitrogens with one attached hydrogen (secondary N) is 1. The fraction of sp³-hybridized carbons (Fsp3) is 0.300. The summed E-state index contributed by atoms with van der Waals surface area (Å²) in [5, 5.41) is 21.6. The van der Waals surface area contributed by atoms with E-state index in [9.17, 15) is 19.8 Å².